The van der Waals surface area contributed by atoms with Crippen LogP contribution >= 0.6 is 0 Å². The van der Waals surface area contributed by atoms with Crippen molar-refractivity contribution in [3.05, 3.63) is 170 Å². The lowest BCUT2D eigenvalue weighted by molar-refractivity contribution is 0.668. The van der Waals surface area contributed by atoms with Crippen LogP contribution in [-0.4, -0.2) is 4.98 Å². The molecule has 0 radical (unpaired) electrons. The second kappa shape index (κ2) is 11.0. The van der Waals surface area contributed by atoms with Crippen LogP contribution in [-0.2, 0) is 0 Å². The van der Waals surface area contributed by atoms with Gasteiger partial charge in [0.25, 0.3) is 0 Å². The van der Waals surface area contributed by atoms with Crippen LogP contribution in [0.15, 0.2) is 174 Å². The average Bonchev–Trinajstić information content (AvgIpc) is 3.48. The van der Waals surface area contributed by atoms with E-state index in [-0.39, 0.29) is 0 Å². The normalized spacial score (nSPS) is 11.2. The molecule has 0 aliphatic carbocycles. The lowest BCUT2D eigenvalue weighted by Gasteiger charge is -2.26. The van der Waals surface area contributed by atoms with E-state index in [1.54, 1.807) is 0 Å². The Morgan fingerprint density at radius 2 is 0.932 bits per heavy atom. The zero-order chi connectivity index (χ0) is 29.3. The second-order valence-electron chi connectivity index (χ2n) is 10.9. The van der Waals surface area contributed by atoms with Gasteiger partial charge in [-0.1, -0.05) is 109 Å². The van der Waals surface area contributed by atoms with Crippen LogP contribution in [0.3, 0.4) is 0 Å². The van der Waals surface area contributed by atoms with Crippen molar-refractivity contribution in [2.24, 2.45) is 0 Å². The van der Waals surface area contributed by atoms with Crippen molar-refractivity contribution in [3.63, 3.8) is 0 Å². The van der Waals surface area contributed by atoms with E-state index in [0.29, 0.717) is 0 Å². The molecule has 0 aliphatic rings. The number of nitrogens with zero attached hydrogens (tertiary/aromatic N) is 2. The Balaban J connectivity index is 1.22. The SMILES string of the molecule is c1ccc(-c2ccc(-c3cccc(N(c4ccc(-c5ccccc5)cc4)c4ccc5c(c4)oc4cccnc45)c3)cc2)cc1. The number of anilines is 3. The summed E-state index contributed by atoms with van der Waals surface area (Å²) in [5.41, 5.74) is 12.8. The van der Waals surface area contributed by atoms with Crippen molar-refractivity contribution in [1.29, 1.82) is 0 Å². The Bertz CT molecular complexity index is 2200. The van der Waals surface area contributed by atoms with Crippen molar-refractivity contribution in [3.8, 4) is 33.4 Å². The van der Waals surface area contributed by atoms with Crippen molar-refractivity contribution in [2.75, 3.05) is 4.90 Å². The maximum Gasteiger partial charge on any atom is 0.153 e. The van der Waals surface area contributed by atoms with E-state index in [1.165, 1.54) is 27.8 Å². The Morgan fingerprint density at radius 1 is 0.386 bits per heavy atom. The summed E-state index contributed by atoms with van der Waals surface area (Å²) in [6.45, 7) is 0. The Labute approximate surface area is 256 Å². The maximum atomic E-state index is 6.24. The molecule has 0 saturated carbocycles. The summed E-state index contributed by atoms with van der Waals surface area (Å²) in [7, 11) is 0. The van der Waals surface area contributed by atoms with E-state index < -0.39 is 0 Å². The topological polar surface area (TPSA) is 29.3 Å². The molecule has 2 heterocycles. The highest BCUT2D eigenvalue weighted by molar-refractivity contribution is 6.03. The van der Waals surface area contributed by atoms with Gasteiger partial charge in [0.2, 0.25) is 0 Å². The molecule has 3 nitrogen and oxygen atoms in total. The predicted molar refractivity (Wildman–Crippen MR) is 183 cm³/mol. The molecule has 0 bridgehead atoms. The molecule has 8 aromatic rings. The molecule has 0 aliphatic heterocycles. The van der Waals surface area contributed by atoms with Gasteiger partial charge in [0.1, 0.15) is 11.1 Å². The fourth-order valence-corrected chi connectivity index (χ4v) is 5.91. The summed E-state index contributed by atoms with van der Waals surface area (Å²) < 4.78 is 6.24. The average molecular weight is 565 g/mol. The van der Waals surface area contributed by atoms with Gasteiger partial charge in [0.05, 0.1) is 0 Å². The molecule has 8 rings (SSSR count). The van der Waals surface area contributed by atoms with Gasteiger partial charge in [-0.3, -0.25) is 4.98 Å². The molecular weight excluding hydrogens is 536 g/mol. The molecule has 6 aromatic carbocycles. The third-order valence-electron chi connectivity index (χ3n) is 8.13. The smallest absolute Gasteiger partial charge is 0.153 e. The first kappa shape index (κ1) is 25.8. The zero-order valence-electron chi connectivity index (χ0n) is 24.0. The Kier molecular flexibility index (Phi) is 6.47. The van der Waals surface area contributed by atoms with Crippen LogP contribution in [0.5, 0.6) is 0 Å². The number of aromatic nitrogens is 1. The number of fused-ring (bicyclic) bond motifs is 3. The van der Waals surface area contributed by atoms with Crippen LogP contribution in [0.4, 0.5) is 17.1 Å². The van der Waals surface area contributed by atoms with Gasteiger partial charge in [-0.25, -0.2) is 0 Å². The molecule has 0 atom stereocenters. The minimum atomic E-state index is 0.791. The summed E-state index contributed by atoms with van der Waals surface area (Å²) >= 11 is 0. The summed E-state index contributed by atoms with van der Waals surface area (Å²) in [6.07, 6.45) is 1.81. The Morgan fingerprint density at radius 3 is 1.61 bits per heavy atom. The van der Waals surface area contributed by atoms with Gasteiger partial charge in [-0.05, 0) is 81.9 Å². The molecule has 0 N–H and O–H groups in total. The lowest BCUT2D eigenvalue weighted by Crippen LogP contribution is -2.10. The van der Waals surface area contributed by atoms with E-state index in [0.717, 1.165) is 44.7 Å². The van der Waals surface area contributed by atoms with Crippen LogP contribution in [0.25, 0.3) is 55.4 Å². The standard InChI is InChI=1S/C41H28N2O/c1-3-9-29(10-4-1)31-16-18-33(19-17-31)34-13-7-14-36(27-34)43(35-22-20-32(21-23-35)30-11-5-2-6-12-30)37-24-25-38-40(28-37)44-39-15-8-26-42-41(38)39/h1-28H. The fraction of sp³-hybridized carbons (Fsp3) is 0. The molecule has 0 fully saturated rings. The quantitative estimate of drug-likeness (QED) is 0.201. The van der Waals surface area contributed by atoms with Crippen molar-refractivity contribution in [2.45, 2.75) is 0 Å². The highest BCUT2D eigenvalue weighted by Crippen LogP contribution is 2.40. The number of hydrogen-bond donors (Lipinski definition) is 0. The van der Waals surface area contributed by atoms with Crippen molar-refractivity contribution in [1.82, 2.24) is 4.98 Å². The first-order valence-corrected chi connectivity index (χ1v) is 14.8. The molecule has 0 spiro atoms. The van der Waals surface area contributed by atoms with Gasteiger partial charge in [0.15, 0.2) is 5.58 Å². The number of hydrogen-bond acceptors (Lipinski definition) is 3. The van der Waals surface area contributed by atoms with Crippen LogP contribution in [0.2, 0.25) is 0 Å². The largest absolute Gasteiger partial charge is 0.454 e. The van der Waals surface area contributed by atoms with E-state index in [2.05, 4.69) is 149 Å². The molecular formula is C41H28N2O. The minimum absolute atomic E-state index is 0.791. The predicted octanol–water partition coefficient (Wildman–Crippen LogP) is 11.5. The van der Waals surface area contributed by atoms with E-state index in [1.807, 2.05) is 30.5 Å². The molecule has 0 unspecified atom stereocenters. The lowest BCUT2D eigenvalue weighted by atomic mass is 9.99. The molecule has 208 valence electrons. The number of pyridine rings is 1. The highest BCUT2D eigenvalue weighted by Gasteiger charge is 2.17. The number of furan rings is 1. The number of rotatable bonds is 6. The molecule has 0 amide bonds. The third-order valence-corrected chi connectivity index (χ3v) is 8.13. The monoisotopic (exact) mass is 564 g/mol. The zero-order valence-corrected chi connectivity index (χ0v) is 24.0. The minimum Gasteiger partial charge on any atom is -0.454 e. The summed E-state index contributed by atoms with van der Waals surface area (Å²) in [4.78, 5) is 6.85. The summed E-state index contributed by atoms with van der Waals surface area (Å²) in [5, 5.41) is 1.01. The first-order chi connectivity index (χ1) is 21.8. The van der Waals surface area contributed by atoms with Gasteiger partial charge in [-0.15, -0.1) is 0 Å². The van der Waals surface area contributed by atoms with Gasteiger partial charge in [0, 0.05) is 34.7 Å². The number of benzene rings is 6. The van der Waals surface area contributed by atoms with E-state index in [9.17, 15) is 0 Å². The Hall–Kier alpha value is -5.93. The second-order valence-corrected chi connectivity index (χ2v) is 10.9. The maximum absolute atomic E-state index is 6.24. The molecule has 3 heteroatoms. The van der Waals surface area contributed by atoms with Gasteiger partial charge >= 0.3 is 0 Å². The third kappa shape index (κ3) is 4.81. The summed E-state index contributed by atoms with van der Waals surface area (Å²) in [5.74, 6) is 0. The molecule has 2 aromatic heterocycles. The first-order valence-electron chi connectivity index (χ1n) is 14.8. The van der Waals surface area contributed by atoms with E-state index in [4.69, 9.17) is 4.42 Å². The van der Waals surface area contributed by atoms with Crippen LogP contribution in [0.1, 0.15) is 0 Å². The molecule has 0 saturated heterocycles. The molecule has 44 heavy (non-hydrogen) atoms. The summed E-state index contributed by atoms with van der Waals surface area (Å²) in [6, 6.07) is 57.5. The van der Waals surface area contributed by atoms with Crippen LogP contribution in [0, 0.1) is 0 Å². The van der Waals surface area contributed by atoms with Crippen molar-refractivity contribution < 1.29 is 4.42 Å². The van der Waals surface area contributed by atoms with Gasteiger partial charge < -0.3 is 9.32 Å². The van der Waals surface area contributed by atoms with E-state index >= 15 is 0 Å². The fourth-order valence-electron chi connectivity index (χ4n) is 5.91. The van der Waals surface area contributed by atoms with Crippen LogP contribution < -0.4 is 4.90 Å². The van der Waals surface area contributed by atoms with Gasteiger partial charge in [-0.2, -0.15) is 0 Å². The van der Waals surface area contributed by atoms with Crippen molar-refractivity contribution >= 4 is 39.1 Å². The highest BCUT2D eigenvalue weighted by atomic mass is 16.3.